The third-order valence-corrected chi connectivity index (χ3v) is 4.21. The number of hydrogen-bond donors (Lipinski definition) is 3. The molecule has 0 saturated heterocycles. The van der Waals surface area contributed by atoms with Gasteiger partial charge in [0.05, 0.1) is 11.4 Å². The first kappa shape index (κ1) is 13.6. The fourth-order valence-electron chi connectivity index (χ4n) is 2.48. The van der Waals surface area contributed by atoms with Crippen LogP contribution in [0.4, 0.5) is 11.4 Å². The lowest BCUT2D eigenvalue weighted by atomic mass is 9.85. The molecule has 1 fully saturated rings. The lowest BCUT2D eigenvalue weighted by Crippen LogP contribution is -2.21. The highest BCUT2D eigenvalue weighted by molar-refractivity contribution is 7.80. The van der Waals surface area contributed by atoms with Gasteiger partial charge in [0.15, 0.2) is 0 Å². The van der Waals surface area contributed by atoms with Gasteiger partial charge >= 0.3 is 0 Å². The molecule has 2 N–H and O–H groups in total. The number of hydrogen-bond acceptors (Lipinski definition) is 3. The molecule has 2 rings (SSSR count). The molecule has 0 amide bonds. The van der Waals surface area contributed by atoms with E-state index in [2.05, 4.69) is 49.2 Å². The second-order valence-electron chi connectivity index (χ2n) is 5.36. The maximum atomic E-state index is 4.56. The van der Waals surface area contributed by atoms with E-state index in [9.17, 15) is 0 Å². The molecule has 0 aliphatic heterocycles. The maximum Gasteiger partial charge on any atom is 0.0579 e. The van der Waals surface area contributed by atoms with Crippen molar-refractivity contribution >= 4 is 24.0 Å². The van der Waals surface area contributed by atoms with E-state index in [1.54, 1.807) is 0 Å². The van der Waals surface area contributed by atoms with Crippen molar-refractivity contribution in [2.24, 2.45) is 5.92 Å². The fraction of sp³-hybridized carbons (Fsp3) is 0.600. The zero-order chi connectivity index (χ0) is 13.1. The van der Waals surface area contributed by atoms with E-state index in [-0.39, 0.29) is 5.25 Å². The Morgan fingerprint density at radius 2 is 2.06 bits per heavy atom. The Bertz CT molecular complexity index is 411. The highest BCUT2D eigenvalue weighted by atomic mass is 32.1. The Morgan fingerprint density at radius 3 is 2.56 bits per heavy atom. The van der Waals surface area contributed by atoms with Gasteiger partial charge in [0.1, 0.15) is 0 Å². The van der Waals surface area contributed by atoms with Gasteiger partial charge in [-0.15, -0.1) is 0 Å². The van der Waals surface area contributed by atoms with Crippen LogP contribution in [0.2, 0.25) is 0 Å². The average Bonchev–Trinajstić information content (AvgIpc) is 2.27. The van der Waals surface area contributed by atoms with Gasteiger partial charge in [-0.2, -0.15) is 12.6 Å². The summed E-state index contributed by atoms with van der Waals surface area (Å²) in [5.41, 5.74) is 5.01. The van der Waals surface area contributed by atoms with Crippen molar-refractivity contribution < 1.29 is 0 Å². The molecule has 0 heterocycles. The highest BCUT2D eigenvalue weighted by Gasteiger charge is 2.17. The van der Waals surface area contributed by atoms with Gasteiger partial charge in [-0.25, -0.2) is 0 Å². The van der Waals surface area contributed by atoms with Crippen LogP contribution in [0.3, 0.4) is 0 Å². The first-order valence-corrected chi connectivity index (χ1v) is 7.37. The number of anilines is 2. The topological polar surface area (TPSA) is 24.1 Å². The van der Waals surface area contributed by atoms with E-state index >= 15 is 0 Å². The Kier molecular flexibility index (Phi) is 4.44. The van der Waals surface area contributed by atoms with Gasteiger partial charge in [-0.1, -0.05) is 6.42 Å². The van der Waals surface area contributed by atoms with Crippen molar-refractivity contribution in [3.63, 3.8) is 0 Å². The van der Waals surface area contributed by atoms with Gasteiger partial charge in [0.2, 0.25) is 0 Å². The van der Waals surface area contributed by atoms with Crippen LogP contribution >= 0.6 is 12.6 Å². The van der Waals surface area contributed by atoms with Crippen LogP contribution in [0.25, 0.3) is 0 Å². The van der Waals surface area contributed by atoms with Crippen molar-refractivity contribution in [2.45, 2.75) is 38.4 Å². The second-order valence-corrected chi connectivity index (χ2v) is 6.13. The first-order valence-electron chi connectivity index (χ1n) is 6.86. The molecule has 18 heavy (non-hydrogen) atoms. The summed E-state index contributed by atoms with van der Waals surface area (Å²) < 4.78 is 0. The van der Waals surface area contributed by atoms with Crippen molar-refractivity contribution in [1.82, 2.24) is 0 Å². The molecule has 1 atom stereocenters. The monoisotopic (exact) mass is 264 g/mol. The summed E-state index contributed by atoms with van der Waals surface area (Å²) in [5.74, 6) is 0.868. The molecule has 0 aromatic heterocycles. The van der Waals surface area contributed by atoms with Crippen LogP contribution < -0.4 is 10.6 Å². The van der Waals surface area contributed by atoms with E-state index in [0.717, 1.165) is 12.5 Å². The first-order chi connectivity index (χ1) is 8.61. The van der Waals surface area contributed by atoms with Crippen LogP contribution in [0.1, 0.15) is 42.6 Å². The third kappa shape index (κ3) is 2.94. The lowest BCUT2D eigenvalue weighted by molar-refractivity contribution is 0.333. The number of rotatable bonds is 5. The number of aryl methyl sites for hydroxylation is 1. The summed E-state index contributed by atoms with van der Waals surface area (Å²) in [6.07, 6.45) is 4.16. The molecule has 1 aliphatic rings. The van der Waals surface area contributed by atoms with E-state index in [1.165, 1.54) is 41.8 Å². The Balaban J connectivity index is 2.16. The van der Waals surface area contributed by atoms with Gasteiger partial charge in [0, 0.05) is 18.8 Å². The standard InChI is InChI=1S/C15H24N2S/c1-10-7-14(16-3)15(8-13(10)11(2)18)17-9-12-5-4-6-12/h7-8,11-12,16-18H,4-6,9H2,1-3H3. The molecule has 0 bridgehead atoms. The molecule has 1 saturated carbocycles. The molecule has 3 heteroatoms. The predicted molar refractivity (Wildman–Crippen MR) is 84.0 cm³/mol. The van der Waals surface area contributed by atoms with Crippen molar-refractivity contribution in [2.75, 3.05) is 24.2 Å². The zero-order valence-electron chi connectivity index (χ0n) is 11.6. The van der Waals surface area contributed by atoms with Crippen molar-refractivity contribution in [1.29, 1.82) is 0 Å². The van der Waals surface area contributed by atoms with E-state index < -0.39 is 0 Å². The van der Waals surface area contributed by atoms with E-state index in [4.69, 9.17) is 0 Å². The van der Waals surface area contributed by atoms with Crippen LogP contribution in [0.15, 0.2) is 12.1 Å². The normalized spacial score (nSPS) is 17.1. The van der Waals surface area contributed by atoms with Gasteiger partial charge in [-0.3, -0.25) is 0 Å². The van der Waals surface area contributed by atoms with E-state index in [0.29, 0.717) is 0 Å². The predicted octanol–water partition coefficient (Wildman–Crippen LogP) is 4.24. The molecule has 1 unspecified atom stereocenters. The minimum absolute atomic E-state index is 0.278. The summed E-state index contributed by atoms with van der Waals surface area (Å²) in [6.45, 7) is 5.37. The number of thiol groups is 1. The molecular formula is C15H24N2S. The highest BCUT2D eigenvalue weighted by Crippen LogP contribution is 2.33. The summed E-state index contributed by atoms with van der Waals surface area (Å²) in [6, 6.07) is 4.46. The SMILES string of the molecule is CNc1cc(C)c(C(C)S)cc1NCC1CCC1. The molecule has 1 aromatic carbocycles. The zero-order valence-corrected chi connectivity index (χ0v) is 12.5. The molecule has 0 radical (unpaired) electrons. The maximum absolute atomic E-state index is 4.56. The molecule has 100 valence electrons. The quantitative estimate of drug-likeness (QED) is 0.693. The van der Waals surface area contributed by atoms with Gasteiger partial charge < -0.3 is 10.6 Å². The summed E-state index contributed by atoms with van der Waals surface area (Å²) in [4.78, 5) is 0. The second kappa shape index (κ2) is 5.87. The van der Waals surface area contributed by atoms with Crippen LogP contribution in [-0.4, -0.2) is 13.6 Å². The van der Waals surface area contributed by atoms with Crippen molar-refractivity contribution in [3.8, 4) is 0 Å². The average molecular weight is 264 g/mol. The summed E-state index contributed by atoms with van der Waals surface area (Å²) in [7, 11) is 1.98. The minimum Gasteiger partial charge on any atom is -0.386 e. The molecule has 1 aliphatic carbocycles. The van der Waals surface area contributed by atoms with Gasteiger partial charge in [0.25, 0.3) is 0 Å². The molecule has 2 nitrogen and oxygen atoms in total. The Labute approximate surface area is 116 Å². The molecule has 0 spiro atoms. The summed E-state index contributed by atoms with van der Waals surface area (Å²) in [5, 5.41) is 7.14. The molecular weight excluding hydrogens is 240 g/mol. The third-order valence-electron chi connectivity index (χ3n) is 3.93. The fourth-order valence-corrected chi connectivity index (χ4v) is 2.76. The number of nitrogens with one attached hydrogen (secondary N) is 2. The molecule has 1 aromatic rings. The number of benzene rings is 1. The van der Waals surface area contributed by atoms with Gasteiger partial charge in [-0.05, 0) is 55.9 Å². The Morgan fingerprint density at radius 1 is 1.33 bits per heavy atom. The van der Waals surface area contributed by atoms with Crippen molar-refractivity contribution in [3.05, 3.63) is 23.3 Å². The Hall–Kier alpha value is -0.830. The van der Waals surface area contributed by atoms with Crippen LogP contribution in [0, 0.1) is 12.8 Å². The van der Waals surface area contributed by atoms with Crippen LogP contribution in [0.5, 0.6) is 0 Å². The summed E-state index contributed by atoms with van der Waals surface area (Å²) >= 11 is 4.56. The van der Waals surface area contributed by atoms with E-state index in [1.807, 2.05) is 7.05 Å². The lowest BCUT2D eigenvalue weighted by Gasteiger charge is -2.27. The largest absolute Gasteiger partial charge is 0.386 e. The van der Waals surface area contributed by atoms with Crippen LogP contribution in [-0.2, 0) is 0 Å². The smallest absolute Gasteiger partial charge is 0.0579 e. The minimum atomic E-state index is 0.278.